The first-order chi connectivity index (χ1) is 12.5. The van der Waals surface area contributed by atoms with Crippen LogP contribution in [0, 0.1) is 5.82 Å². The third-order valence-electron chi connectivity index (χ3n) is 5.58. The van der Waals surface area contributed by atoms with E-state index >= 15 is 0 Å². The number of piperidine rings is 1. The average Bonchev–Trinajstić information content (AvgIpc) is 3.30. The van der Waals surface area contributed by atoms with Gasteiger partial charge in [-0.1, -0.05) is 31.1 Å². The van der Waals surface area contributed by atoms with Crippen molar-refractivity contribution in [2.24, 2.45) is 0 Å². The second-order valence-corrected chi connectivity index (χ2v) is 7.74. The quantitative estimate of drug-likeness (QED) is 0.826. The molecule has 1 saturated heterocycles. The van der Waals surface area contributed by atoms with Crippen LogP contribution >= 0.6 is 0 Å². The zero-order valence-electron chi connectivity index (χ0n) is 15.2. The van der Waals surface area contributed by atoms with E-state index in [1.54, 1.807) is 12.1 Å². The fraction of sp³-hybridized carbons (Fsp3) is 0.550. The van der Waals surface area contributed by atoms with Gasteiger partial charge in [-0.2, -0.15) is 4.98 Å². The maximum atomic E-state index is 13.4. The van der Waals surface area contributed by atoms with Gasteiger partial charge in [-0.25, -0.2) is 4.39 Å². The zero-order valence-corrected chi connectivity index (χ0v) is 15.2. The molecule has 26 heavy (non-hydrogen) atoms. The Morgan fingerprint density at radius 3 is 2.62 bits per heavy atom. The van der Waals surface area contributed by atoms with Gasteiger partial charge in [0.15, 0.2) is 5.82 Å². The van der Waals surface area contributed by atoms with E-state index in [0.717, 1.165) is 37.7 Å². The highest BCUT2D eigenvalue weighted by atomic mass is 19.1. The van der Waals surface area contributed by atoms with Crippen LogP contribution in [0.25, 0.3) is 0 Å². The van der Waals surface area contributed by atoms with Crippen LogP contribution in [0.15, 0.2) is 28.8 Å². The molecule has 1 aliphatic heterocycles. The first-order valence-corrected chi connectivity index (χ1v) is 9.42. The number of nitrogens with zero attached hydrogens (tertiary/aromatic N) is 3. The summed E-state index contributed by atoms with van der Waals surface area (Å²) < 4.78 is 18.8. The first-order valence-electron chi connectivity index (χ1n) is 9.42. The Balaban J connectivity index is 1.61. The summed E-state index contributed by atoms with van der Waals surface area (Å²) in [7, 11) is 0. The summed E-state index contributed by atoms with van der Waals surface area (Å²) in [6, 6.07) is 6.19. The summed E-state index contributed by atoms with van der Waals surface area (Å²) in [5, 5.41) is 4.06. The molecule has 2 fully saturated rings. The van der Waals surface area contributed by atoms with Crippen molar-refractivity contribution >= 4 is 5.91 Å². The molecule has 0 bridgehead atoms. The van der Waals surface area contributed by atoms with Gasteiger partial charge in [0.2, 0.25) is 11.8 Å². The number of benzene rings is 1. The number of hydrogen-bond donors (Lipinski definition) is 0. The van der Waals surface area contributed by atoms with Crippen LogP contribution in [0.1, 0.15) is 75.2 Å². The van der Waals surface area contributed by atoms with Crippen LogP contribution in [0.4, 0.5) is 4.39 Å². The van der Waals surface area contributed by atoms with E-state index in [4.69, 9.17) is 4.52 Å². The van der Waals surface area contributed by atoms with Gasteiger partial charge in [0.25, 0.3) is 0 Å². The molecule has 0 radical (unpaired) electrons. The molecule has 1 aliphatic carbocycles. The van der Waals surface area contributed by atoms with E-state index < -0.39 is 5.41 Å². The summed E-state index contributed by atoms with van der Waals surface area (Å²) in [4.78, 5) is 19.9. The largest absolute Gasteiger partial charge is 0.337 e. The molecule has 1 unspecified atom stereocenters. The van der Waals surface area contributed by atoms with Crippen LogP contribution in [0.5, 0.6) is 0 Å². The van der Waals surface area contributed by atoms with Crippen molar-refractivity contribution in [1.29, 1.82) is 0 Å². The van der Waals surface area contributed by atoms with Gasteiger partial charge in [0, 0.05) is 12.5 Å². The molecule has 6 heteroatoms. The Morgan fingerprint density at radius 1 is 1.27 bits per heavy atom. The molecule has 2 aliphatic rings. The van der Waals surface area contributed by atoms with Gasteiger partial charge in [-0.3, -0.25) is 4.79 Å². The van der Waals surface area contributed by atoms with Crippen molar-refractivity contribution in [1.82, 2.24) is 15.0 Å². The average molecular weight is 357 g/mol. The number of halogens is 1. The second kappa shape index (κ2) is 6.49. The van der Waals surface area contributed by atoms with E-state index in [1.807, 2.05) is 18.7 Å². The van der Waals surface area contributed by atoms with Crippen LogP contribution in [0.2, 0.25) is 0 Å². The number of amides is 1. The maximum Gasteiger partial charge on any atom is 0.249 e. The minimum Gasteiger partial charge on any atom is -0.337 e. The minimum atomic E-state index is -0.510. The molecular weight excluding hydrogens is 333 g/mol. The molecule has 1 amide bonds. The lowest BCUT2D eigenvalue weighted by molar-refractivity contribution is -0.138. The lowest BCUT2D eigenvalue weighted by Crippen LogP contribution is -2.44. The minimum absolute atomic E-state index is 0.109. The topological polar surface area (TPSA) is 59.2 Å². The van der Waals surface area contributed by atoms with Crippen LogP contribution in [-0.4, -0.2) is 27.5 Å². The number of carbonyl (C=O) groups excluding carboxylic acids is 1. The predicted octanol–water partition coefficient (Wildman–Crippen LogP) is 4.12. The van der Waals surface area contributed by atoms with Gasteiger partial charge >= 0.3 is 0 Å². The van der Waals surface area contributed by atoms with E-state index in [1.165, 1.54) is 12.1 Å². The van der Waals surface area contributed by atoms with Gasteiger partial charge in [-0.05, 0) is 49.8 Å². The summed E-state index contributed by atoms with van der Waals surface area (Å²) in [6.07, 6.45) is 4.47. The van der Waals surface area contributed by atoms with Crippen LogP contribution in [-0.2, 0) is 10.2 Å². The summed E-state index contributed by atoms with van der Waals surface area (Å²) in [5.41, 5.74) is 0.395. The smallest absolute Gasteiger partial charge is 0.249 e. The van der Waals surface area contributed by atoms with Crippen LogP contribution in [0.3, 0.4) is 0 Å². The number of hydrogen-bond acceptors (Lipinski definition) is 4. The third kappa shape index (κ3) is 2.91. The molecule has 0 spiro atoms. The Morgan fingerprint density at radius 2 is 2.00 bits per heavy atom. The van der Waals surface area contributed by atoms with Crippen molar-refractivity contribution in [3.8, 4) is 0 Å². The molecule has 5 nitrogen and oxygen atoms in total. The van der Waals surface area contributed by atoms with Gasteiger partial charge in [-0.15, -0.1) is 0 Å². The Bertz CT molecular complexity index is 796. The molecule has 2 aromatic rings. The number of likely N-dealkylation sites (tertiary alicyclic amines) is 1. The lowest BCUT2D eigenvalue weighted by Gasteiger charge is -2.36. The summed E-state index contributed by atoms with van der Waals surface area (Å²) in [6.45, 7) is 4.74. The summed E-state index contributed by atoms with van der Waals surface area (Å²) in [5.74, 6) is 1.24. The highest BCUT2D eigenvalue weighted by Crippen LogP contribution is 2.51. The zero-order chi connectivity index (χ0) is 18.3. The first kappa shape index (κ1) is 17.2. The molecule has 4 rings (SSSR count). The van der Waals surface area contributed by atoms with Crippen molar-refractivity contribution in [2.45, 2.75) is 63.3 Å². The van der Waals surface area contributed by atoms with Crippen LogP contribution < -0.4 is 0 Å². The third-order valence-corrected chi connectivity index (χ3v) is 5.58. The molecule has 0 N–H and O–H groups in total. The maximum absolute atomic E-state index is 13.4. The fourth-order valence-electron chi connectivity index (χ4n) is 3.84. The van der Waals surface area contributed by atoms with Crippen molar-refractivity contribution in [3.05, 3.63) is 47.4 Å². The van der Waals surface area contributed by atoms with E-state index in [2.05, 4.69) is 10.1 Å². The van der Waals surface area contributed by atoms with E-state index in [0.29, 0.717) is 18.3 Å². The number of carbonyl (C=O) groups is 1. The molecule has 1 aromatic heterocycles. The predicted molar refractivity (Wildman–Crippen MR) is 94.0 cm³/mol. The van der Waals surface area contributed by atoms with Gasteiger partial charge in [0.05, 0.1) is 5.41 Å². The molecular formula is C20H24FN3O2. The summed E-state index contributed by atoms with van der Waals surface area (Å²) >= 11 is 0. The molecule has 1 saturated carbocycles. The standard InChI is InChI=1S/C20H24FN3O2/c1-13(2)17-22-18(26-23-17)16-5-3-4-12-24(16)19(25)20(10-11-20)14-6-8-15(21)9-7-14/h6-9,13,16H,3-5,10-12H2,1-2H3. The number of rotatable bonds is 4. The molecule has 1 aromatic carbocycles. The van der Waals surface area contributed by atoms with Crippen molar-refractivity contribution in [3.63, 3.8) is 0 Å². The molecule has 2 heterocycles. The second-order valence-electron chi connectivity index (χ2n) is 7.74. The van der Waals surface area contributed by atoms with Crippen molar-refractivity contribution < 1.29 is 13.7 Å². The Hall–Kier alpha value is -2.24. The monoisotopic (exact) mass is 357 g/mol. The van der Waals surface area contributed by atoms with Gasteiger partial charge in [0.1, 0.15) is 11.9 Å². The highest BCUT2D eigenvalue weighted by molar-refractivity contribution is 5.91. The van der Waals surface area contributed by atoms with Crippen molar-refractivity contribution in [2.75, 3.05) is 6.54 Å². The number of aromatic nitrogens is 2. The Kier molecular flexibility index (Phi) is 4.29. The molecule has 138 valence electrons. The normalized spacial score (nSPS) is 21.8. The Labute approximate surface area is 152 Å². The van der Waals surface area contributed by atoms with Gasteiger partial charge < -0.3 is 9.42 Å². The fourth-order valence-corrected chi connectivity index (χ4v) is 3.84. The molecule has 1 atom stereocenters. The van der Waals surface area contributed by atoms with E-state index in [9.17, 15) is 9.18 Å². The lowest BCUT2D eigenvalue weighted by atomic mass is 9.91. The van der Waals surface area contributed by atoms with E-state index in [-0.39, 0.29) is 23.7 Å². The highest BCUT2D eigenvalue weighted by Gasteiger charge is 2.54. The SMILES string of the molecule is CC(C)c1noc(C2CCCCN2C(=O)C2(c3ccc(F)cc3)CC2)n1.